The van der Waals surface area contributed by atoms with Crippen molar-refractivity contribution in [3.8, 4) is 5.75 Å². The Bertz CT molecular complexity index is 687. The Balaban J connectivity index is 2.25. The summed E-state index contributed by atoms with van der Waals surface area (Å²) in [5.41, 5.74) is 0.356. The summed E-state index contributed by atoms with van der Waals surface area (Å²) in [5, 5.41) is 10.8. The molecular weight excluding hydrogens is 416 g/mol. The molecule has 0 amide bonds. The van der Waals surface area contributed by atoms with Crippen LogP contribution in [0.15, 0.2) is 39.3 Å². The van der Waals surface area contributed by atoms with Gasteiger partial charge in [-0.2, -0.15) is 0 Å². The number of benzene rings is 2. The van der Waals surface area contributed by atoms with Crippen LogP contribution in [0, 0.1) is 21.7 Å². The van der Waals surface area contributed by atoms with Gasteiger partial charge < -0.3 is 4.74 Å². The Morgan fingerprint density at radius 2 is 1.95 bits per heavy atom. The first-order valence-corrected chi connectivity index (χ1v) is 7.18. The van der Waals surface area contributed by atoms with E-state index in [0.717, 1.165) is 6.07 Å². The average Bonchev–Trinajstić information content (AvgIpc) is 2.38. The summed E-state index contributed by atoms with van der Waals surface area (Å²) in [6, 6.07) is 6.20. The Morgan fingerprint density at radius 1 is 1.24 bits per heavy atom. The van der Waals surface area contributed by atoms with Crippen LogP contribution in [0.3, 0.4) is 0 Å². The van der Waals surface area contributed by atoms with Gasteiger partial charge in [-0.05, 0) is 37.9 Å². The minimum Gasteiger partial charge on any atom is -0.485 e. The molecule has 4 nitrogen and oxygen atoms in total. The van der Waals surface area contributed by atoms with E-state index >= 15 is 0 Å². The van der Waals surface area contributed by atoms with Gasteiger partial charge in [-0.3, -0.25) is 10.1 Å². The predicted octanol–water partition coefficient (Wildman–Crippen LogP) is 4.98. The van der Waals surface area contributed by atoms with Gasteiger partial charge in [-0.25, -0.2) is 8.78 Å². The van der Waals surface area contributed by atoms with Crippen LogP contribution in [0.1, 0.15) is 5.56 Å². The van der Waals surface area contributed by atoms with E-state index in [1.165, 1.54) is 12.1 Å². The number of nitrogens with zero attached hydrogens (tertiary/aromatic N) is 1. The summed E-state index contributed by atoms with van der Waals surface area (Å²) < 4.78 is 32.2. The van der Waals surface area contributed by atoms with Crippen molar-refractivity contribution in [2.75, 3.05) is 0 Å². The van der Waals surface area contributed by atoms with E-state index < -0.39 is 16.6 Å². The van der Waals surface area contributed by atoms with Gasteiger partial charge >= 0.3 is 0 Å². The van der Waals surface area contributed by atoms with E-state index in [0.29, 0.717) is 11.6 Å². The molecule has 0 aliphatic carbocycles. The summed E-state index contributed by atoms with van der Waals surface area (Å²) in [4.78, 5) is 10.3. The fraction of sp³-hybridized carbons (Fsp3) is 0.0769. The molecular formula is C13H7Br2F2NO3. The molecule has 0 atom stereocenters. The van der Waals surface area contributed by atoms with Gasteiger partial charge in [-0.15, -0.1) is 0 Å². The van der Waals surface area contributed by atoms with E-state index in [1.54, 1.807) is 6.07 Å². The van der Waals surface area contributed by atoms with E-state index in [-0.39, 0.29) is 27.0 Å². The minimum absolute atomic E-state index is 0.108. The van der Waals surface area contributed by atoms with Crippen LogP contribution in [0.25, 0.3) is 0 Å². The first kappa shape index (κ1) is 15.8. The zero-order chi connectivity index (χ0) is 15.6. The maximum atomic E-state index is 13.6. The molecule has 0 aromatic heterocycles. The Hall–Kier alpha value is -1.54. The lowest BCUT2D eigenvalue weighted by atomic mass is 10.2. The highest BCUT2D eigenvalue weighted by molar-refractivity contribution is 9.11. The van der Waals surface area contributed by atoms with E-state index in [1.807, 2.05) is 0 Å². The summed E-state index contributed by atoms with van der Waals surface area (Å²) in [7, 11) is 0. The van der Waals surface area contributed by atoms with Crippen LogP contribution in [0.2, 0.25) is 0 Å². The van der Waals surface area contributed by atoms with Crippen molar-refractivity contribution in [1.82, 2.24) is 0 Å². The van der Waals surface area contributed by atoms with E-state index in [2.05, 4.69) is 31.9 Å². The monoisotopic (exact) mass is 421 g/mol. The fourth-order valence-corrected chi connectivity index (χ4v) is 2.68. The molecule has 0 radical (unpaired) electrons. The van der Waals surface area contributed by atoms with Crippen LogP contribution >= 0.6 is 31.9 Å². The average molecular weight is 423 g/mol. The first-order chi connectivity index (χ1) is 9.90. The van der Waals surface area contributed by atoms with Crippen molar-refractivity contribution in [2.24, 2.45) is 0 Å². The Kier molecular flexibility index (Phi) is 4.89. The number of hydrogen-bond acceptors (Lipinski definition) is 3. The van der Waals surface area contributed by atoms with Crippen molar-refractivity contribution < 1.29 is 18.4 Å². The molecule has 0 spiro atoms. The van der Waals surface area contributed by atoms with Gasteiger partial charge in [0.25, 0.3) is 5.69 Å². The highest BCUT2D eigenvalue weighted by Gasteiger charge is 2.17. The second kappa shape index (κ2) is 6.48. The maximum Gasteiger partial charge on any atom is 0.283 e. The summed E-state index contributed by atoms with van der Waals surface area (Å²) in [6.07, 6.45) is 0. The van der Waals surface area contributed by atoms with Gasteiger partial charge in [0.1, 0.15) is 16.9 Å². The molecule has 0 heterocycles. The summed E-state index contributed by atoms with van der Waals surface area (Å²) in [6.45, 7) is -0.108. The molecule has 110 valence electrons. The Labute approximate surface area is 135 Å². The summed E-state index contributed by atoms with van der Waals surface area (Å²) >= 11 is 6.12. The van der Waals surface area contributed by atoms with Crippen molar-refractivity contribution in [3.63, 3.8) is 0 Å². The molecule has 0 N–H and O–H groups in total. The van der Waals surface area contributed by atoms with Crippen molar-refractivity contribution in [1.29, 1.82) is 0 Å². The molecule has 2 aromatic rings. The Morgan fingerprint density at radius 3 is 2.57 bits per heavy atom. The normalized spacial score (nSPS) is 10.5. The zero-order valence-corrected chi connectivity index (χ0v) is 13.4. The highest BCUT2D eigenvalue weighted by Crippen LogP contribution is 2.32. The maximum absolute atomic E-state index is 13.6. The second-order valence-electron chi connectivity index (χ2n) is 3.99. The topological polar surface area (TPSA) is 52.4 Å². The molecule has 0 aliphatic heterocycles. The first-order valence-electron chi connectivity index (χ1n) is 5.59. The molecule has 0 aliphatic rings. The number of nitro groups is 1. The third-order valence-corrected chi connectivity index (χ3v) is 4.09. The number of ether oxygens (including phenoxy) is 1. The largest absolute Gasteiger partial charge is 0.485 e. The lowest BCUT2D eigenvalue weighted by Gasteiger charge is -2.10. The summed E-state index contributed by atoms with van der Waals surface area (Å²) in [5.74, 6) is -1.75. The van der Waals surface area contributed by atoms with Crippen molar-refractivity contribution in [2.45, 2.75) is 6.61 Å². The van der Waals surface area contributed by atoms with Gasteiger partial charge in [0, 0.05) is 17.7 Å². The number of rotatable bonds is 4. The van der Waals surface area contributed by atoms with Crippen molar-refractivity contribution >= 4 is 37.5 Å². The molecule has 8 heteroatoms. The van der Waals surface area contributed by atoms with Gasteiger partial charge in [-0.1, -0.05) is 12.1 Å². The highest BCUT2D eigenvalue weighted by atomic mass is 79.9. The molecule has 0 bridgehead atoms. The van der Waals surface area contributed by atoms with E-state index in [9.17, 15) is 18.9 Å². The van der Waals surface area contributed by atoms with Crippen LogP contribution in [0.5, 0.6) is 5.75 Å². The molecule has 0 saturated heterocycles. The minimum atomic E-state index is -0.858. The molecule has 0 fully saturated rings. The van der Waals surface area contributed by atoms with Gasteiger partial charge in [0.05, 0.1) is 9.40 Å². The standard InChI is InChI=1S/C13H7Br2F2NO3/c14-9-4-8(16)5-10(17)13(9)21-6-7-2-1-3-11(12(7)15)18(19)20/h1-5H,6H2. The van der Waals surface area contributed by atoms with Crippen LogP contribution in [-0.2, 0) is 6.61 Å². The van der Waals surface area contributed by atoms with Gasteiger partial charge in [0.15, 0.2) is 11.6 Å². The fourth-order valence-electron chi connectivity index (χ4n) is 1.64. The quantitative estimate of drug-likeness (QED) is 0.515. The smallest absolute Gasteiger partial charge is 0.283 e. The predicted molar refractivity (Wildman–Crippen MR) is 79.2 cm³/mol. The molecule has 2 aromatic carbocycles. The van der Waals surface area contributed by atoms with E-state index in [4.69, 9.17) is 4.74 Å². The van der Waals surface area contributed by atoms with Crippen LogP contribution in [-0.4, -0.2) is 4.92 Å². The SMILES string of the molecule is O=[N+]([O-])c1cccc(COc2c(F)cc(F)cc2Br)c1Br. The third kappa shape index (κ3) is 3.56. The molecule has 0 unspecified atom stereocenters. The zero-order valence-electron chi connectivity index (χ0n) is 10.3. The lowest BCUT2D eigenvalue weighted by molar-refractivity contribution is -0.385. The van der Waals surface area contributed by atoms with Gasteiger partial charge in [0.2, 0.25) is 0 Å². The third-order valence-electron chi connectivity index (χ3n) is 2.59. The van der Waals surface area contributed by atoms with Crippen molar-refractivity contribution in [3.05, 3.63) is 66.6 Å². The number of hydrogen-bond donors (Lipinski definition) is 0. The van der Waals surface area contributed by atoms with Crippen LogP contribution < -0.4 is 4.74 Å². The van der Waals surface area contributed by atoms with Crippen LogP contribution in [0.4, 0.5) is 14.5 Å². The molecule has 0 saturated carbocycles. The molecule has 21 heavy (non-hydrogen) atoms. The number of nitro benzene ring substituents is 1. The molecule has 2 rings (SSSR count). The number of halogens is 4. The second-order valence-corrected chi connectivity index (χ2v) is 5.64. The lowest BCUT2D eigenvalue weighted by Crippen LogP contribution is -2.01.